The Morgan fingerprint density at radius 2 is 1.77 bits per heavy atom. The Morgan fingerprint density at radius 3 is 2.27 bits per heavy atom. The summed E-state index contributed by atoms with van der Waals surface area (Å²) >= 11 is 0. The molecule has 0 unspecified atom stereocenters. The fourth-order valence-electron chi connectivity index (χ4n) is 3.13. The molecule has 26 heavy (non-hydrogen) atoms. The third kappa shape index (κ3) is 4.20. The lowest BCUT2D eigenvalue weighted by Crippen LogP contribution is -2.41. The van der Waals surface area contributed by atoms with Gasteiger partial charge < -0.3 is 0 Å². The maximum atomic E-state index is 14.4. The van der Waals surface area contributed by atoms with Gasteiger partial charge in [0.2, 0.25) is 0 Å². The van der Waals surface area contributed by atoms with Crippen LogP contribution in [0.5, 0.6) is 0 Å². The van der Waals surface area contributed by atoms with Gasteiger partial charge in [-0.1, -0.05) is 0 Å². The molecule has 0 saturated carbocycles. The number of halogens is 5. The maximum absolute atomic E-state index is 14.4. The fourth-order valence-corrected chi connectivity index (χ4v) is 3.13. The summed E-state index contributed by atoms with van der Waals surface area (Å²) in [5.41, 5.74) is -0.767. The van der Waals surface area contributed by atoms with Gasteiger partial charge in [0.1, 0.15) is 5.69 Å². The van der Waals surface area contributed by atoms with Crippen LogP contribution in [0.4, 0.5) is 22.0 Å². The normalized spacial score (nSPS) is 17.6. The molecule has 0 aliphatic carbocycles. The quantitative estimate of drug-likeness (QED) is 0.758. The van der Waals surface area contributed by atoms with Crippen LogP contribution in [0.1, 0.15) is 35.8 Å². The average molecular weight is 374 g/mol. The number of aromatic nitrogens is 3. The van der Waals surface area contributed by atoms with Crippen LogP contribution in [0, 0.1) is 6.92 Å². The lowest BCUT2D eigenvalue weighted by Gasteiger charge is -2.34. The molecule has 1 fully saturated rings. The van der Waals surface area contributed by atoms with E-state index in [1.54, 1.807) is 4.90 Å². The Morgan fingerprint density at radius 1 is 1.08 bits per heavy atom. The van der Waals surface area contributed by atoms with Gasteiger partial charge in [0.15, 0.2) is 0 Å². The minimum atomic E-state index is -4.64. The molecule has 0 bridgehead atoms. The van der Waals surface area contributed by atoms with Gasteiger partial charge in [0, 0.05) is 31.0 Å². The number of likely N-dealkylation sites (tertiary alicyclic amines) is 1. The monoisotopic (exact) mass is 374 g/mol. The van der Waals surface area contributed by atoms with Crippen molar-refractivity contribution in [2.75, 3.05) is 19.6 Å². The summed E-state index contributed by atoms with van der Waals surface area (Å²) in [5, 5.41) is 4.36. The molecule has 1 aliphatic rings. The van der Waals surface area contributed by atoms with E-state index in [1.165, 1.54) is 0 Å². The van der Waals surface area contributed by atoms with E-state index in [9.17, 15) is 22.0 Å². The van der Waals surface area contributed by atoms with E-state index >= 15 is 0 Å². The summed E-state index contributed by atoms with van der Waals surface area (Å²) in [6.45, 7) is 2.32. The van der Waals surface area contributed by atoms with Crippen LogP contribution in [-0.4, -0.2) is 39.3 Å². The Bertz CT molecular complexity index is 730. The minimum absolute atomic E-state index is 0.182. The summed E-state index contributed by atoms with van der Waals surface area (Å²) in [4.78, 5) is 4.76. The third-order valence-electron chi connectivity index (χ3n) is 4.57. The van der Waals surface area contributed by atoms with Crippen LogP contribution < -0.4 is 0 Å². The number of pyridine rings is 1. The van der Waals surface area contributed by atoms with Crippen molar-refractivity contribution < 1.29 is 22.0 Å². The van der Waals surface area contributed by atoms with Crippen LogP contribution in [0.3, 0.4) is 0 Å². The first kappa shape index (κ1) is 18.8. The Balaban J connectivity index is 1.60. The molecule has 0 N–H and O–H groups in total. The molecule has 0 aromatic carbocycles. The molecule has 0 spiro atoms. The van der Waals surface area contributed by atoms with E-state index in [0.29, 0.717) is 38.2 Å². The SMILES string of the molecule is Cc1ccn(C2CCN(CC(F)(F)c3ccc(C(F)(F)F)nc3)CC2)n1. The molecular formula is C17H19F5N4. The predicted molar refractivity (Wildman–Crippen MR) is 84.8 cm³/mol. The smallest absolute Gasteiger partial charge is 0.297 e. The molecule has 0 amide bonds. The lowest BCUT2D eigenvalue weighted by molar-refractivity contribution is -0.141. The van der Waals surface area contributed by atoms with Crippen molar-refractivity contribution in [2.24, 2.45) is 0 Å². The van der Waals surface area contributed by atoms with E-state index in [4.69, 9.17) is 0 Å². The highest BCUT2D eigenvalue weighted by Gasteiger charge is 2.38. The highest BCUT2D eigenvalue weighted by Crippen LogP contribution is 2.33. The van der Waals surface area contributed by atoms with Gasteiger partial charge in [-0.25, -0.2) is 0 Å². The van der Waals surface area contributed by atoms with Crippen LogP contribution in [-0.2, 0) is 12.1 Å². The van der Waals surface area contributed by atoms with Gasteiger partial charge in [-0.05, 0) is 38.0 Å². The van der Waals surface area contributed by atoms with Crippen LogP contribution >= 0.6 is 0 Å². The van der Waals surface area contributed by atoms with Crippen molar-refractivity contribution in [1.82, 2.24) is 19.7 Å². The molecule has 4 nitrogen and oxygen atoms in total. The molecule has 1 saturated heterocycles. The Labute approximate surface area is 147 Å². The maximum Gasteiger partial charge on any atom is 0.433 e. The standard InChI is InChI=1S/C17H19F5N4/c1-12-4-9-26(24-12)14-5-7-25(8-6-14)11-16(18,19)13-2-3-15(23-10-13)17(20,21)22/h2-4,9-10,14H,5-8,11H2,1H3. The molecule has 3 heterocycles. The van der Waals surface area contributed by atoms with E-state index in [-0.39, 0.29) is 6.04 Å². The molecule has 2 aromatic heterocycles. The van der Waals surface area contributed by atoms with Gasteiger partial charge in [0.05, 0.1) is 18.3 Å². The highest BCUT2D eigenvalue weighted by atomic mass is 19.4. The number of rotatable bonds is 4. The minimum Gasteiger partial charge on any atom is -0.297 e. The van der Waals surface area contributed by atoms with Crippen molar-refractivity contribution in [3.63, 3.8) is 0 Å². The van der Waals surface area contributed by atoms with Gasteiger partial charge in [-0.15, -0.1) is 0 Å². The van der Waals surface area contributed by atoms with Crippen LogP contribution in [0.2, 0.25) is 0 Å². The highest BCUT2D eigenvalue weighted by molar-refractivity contribution is 5.20. The van der Waals surface area contributed by atoms with Gasteiger partial charge >= 0.3 is 6.18 Å². The zero-order valence-corrected chi connectivity index (χ0v) is 14.2. The number of nitrogens with zero attached hydrogens (tertiary/aromatic N) is 4. The number of aryl methyl sites for hydroxylation is 1. The van der Waals surface area contributed by atoms with Crippen molar-refractivity contribution in [1.29, 1.82) is 0 Å². The predicted octanol–water partition coefficient (Wildman–Crippen LogP) is 4.03. The third-order valence-corrected chi connectivity index (χ3v) is 4.57. The summed E-state index contributed by atoms with van der Waals surface area (Å²) in [7, 11) is 0. The second-order valence-electron chi connectivity index (χ2n) is 6.58. The van der Waals surface area contributed by atoms with E-state index in [1.807, 2.05) is 23.9 Å². The van der Waals surface area contributed by atoms with E-state index < -0.39 is 29.9 Å². The second kappa shape index (κ2) is 6.94. The van der Waals surface area contributed by atoms with Crippen molar-refractivity contribution in [3.8, 4) is 0 Å². The summed E-state index contributed by atoms with van der Waals surface area (Å²) in [6.07, 6.45) is -0.744. The zero-order valence-electron chi connectivity index (χ0n) is 14.2. The van der Waals surface area contributed by atoms with E-state index in [0.717, 1.165) is 11.8 Å². The molecule has 2 aromatic rings. The first-order chi connectivity index (χ1) is 12.1. The fraction of sp³-hybridized carbons (Fsp3) is 0.529. The Kier molecular flexibility index (Phi) is 5.01. The summed E-state index contributed by atoms with van der Waals surface area (Å²) < 4.78 is 68.2. The number of piperidine rings is 1. The number of hydrogen-bond acceptors (Lipinski definition) is 3. The Hall–Kier alpha value is -2.03. The average Bonchev–Trinajstić information content (AvgIpc) is 3.01. The van der Waals surface area contributed by atoms with Crippen LogP contribution in [0.15, 0.2) is 30.6 Å². The molecule has 1 aliphatic heterocycles. The first-order valence-electron chi connectivity index (χ1n) is 8.31. The topological polar surface area (TPSA) is 34.0 Å². The summed E-state index contributed by atoms with van der Waals surface area (Å²) in [5.74, 6) is -3.26. The van der Waals surface area contributed by atoms with Crippen LogP contribution in [0.25, 0.3) is 0 Å². The first-order valence-corrected chi connectivity index (χ1v) is 8.31. The van der Waals surface area contributed by atoms with Crippen molar-refractivity contribution in [3.05, 3.63) is 47.5 Å². The zero-order chi connectivity index (χ0) is 18.9. The van der Waals surface area contributed by atoms with E-state index in [2.05, 4.69) is 10.1 Å². The van der Waals surface area contributed by atoms with Gasteiger partial charge in [0.25, 0.3) is 5.92 Å². The lowest BCUT2D eigenvalue weighted by atomic mass is 10.0. The number of alkyl halides is 5. The molecule has 142 valence electrons. The number of hydrogen-bond donors (Lipinski definition) is 0. The molecule has 0 radical (unpaired) electrons. The molecule has 3 rings (SSSR count). The van der Waals surface area contributed by atoms with Gasteiger partial charge in [-0.2, -0.15) is 27.1 Å². The summed E-state index contributed by atoms with van der Waals surface area (Å²) in [6, 6.07) is 3.48. The van der Waals surface area contributed by atoms with Gasteiger partial charge in [-0.3, -0.25) is 14.6 Å². The largest absolute Gasteiger partial charge is 0.433 e. The second-order valence-corrected chi connectivity index (χ2v) is 6.58. The molecule has 0 atom stereocenters. The van der Waals surface area contributed by atoms with Crippen molar-refractivity contribution in [2.45, 2.75) is 37.9 Å². The van der Waals surface area contributed by atoms with Crippen molar-refractivity contribution >= 4 is 0 Å². The molecular weight excluding hydrogens is 355 g/mol. The molecule has 9 heteroatoms.